The van der Waals surface area contributed by atoms with Crippen molar-refractivity contribution in [3.8, 4) is 5.75 Å². The van der Waals surface area contributed by atoms with E-state index in [0.717, 1.165) is 18.5 Å². The molecule has 2 aromatic heterocycles. The molecular formula is C20H20N4O3. The number of piperidine rings is 1. The second kappa shape index (κ2) is 7.11. The summed E-state index contributed by atoms with van der Waals surface area (Å²) in [5.74, 6) is -0.427. The van der Waals surface area contributed by atoms with Crippen molar-refractivity contribution in [1.29, 1.82) is 0 Å². The highest BCUT2D eigenvalue weighted by atomic mass is 16.3. The van der Waals surface area contributed by atoms with Gasteiger partial charge in [0.2, 0.25) is 0 Å². The molecule has 0 spiro atoms. The van der Waals surface area contributed by atoms with E-state index in [1.165, 1.54) is 22.9 Å². The van der Waals surface area contributed by atoms with Crippen molar-refractivity contribution in [2.45, 2.75) is 18.9 Å². The van der Waals surface area contributed by atoms with Crippen molar-refractivity contribution in [1.82, 2.24) is 14.3 Å². The molecule has 1 aliphatic heterocycles. The maximum absolute atomic E-state index is 12.9. The zero-order valence-electron chi connectivity index (χ0n) is 14.7. The number of aromatic hydroxyl groups is 1. The molecule has 1 saturated heterocycles. The molecule has 0 bridgehead atoms. The molecule has 27 heavy (non-hydrogen) atoms. The third kappa shape index (κ3) is 3.36. The number of aromatic nitrogens is 2. The Kier molecular flexibility index (Phi) is 4.50. The second-order valence-electron chi connectivity index (χ2n) is 6.66. The highest BCUT2D eigenvalue weighted by Crippen LogP contribution is 2.18. The van der Waals surface area contributed by atoms with Crippen LogP contribution in [0.5, 0.6) is 5.75 Å². The number of pyridine rings is 1. The molecule has 1 amide bonds. The fourth-order valence-corrected chi connectivity index (χ4v) is 3.46. The lowest BCUT2D eigenvalue weighted by Gasteiger charge is -2.33. The Morgan fingerprint density at radius 3 is 2.81 bits per heavy atom. The van der Waals surface area contributed by atoms with Crippen LogP contribution in [0.15, 0.2) is 59.7 Å². The summed E-state index contributed by atoms with van der Waals surface area (Å²) in [5.41, 5.74) is 0.693. The van der Waals surface area contributed by atoms with Crippen LogP contribution in [-0.4, -0.2) is 44.4 Å². The molecule has 1 fully saturated rings. The van der Waals surface area contributed by atoms with Crippen LogP contribution in [0.2, 0.25) is 0 Å². The first kappa shape index (κ1) is 17.1. The minimum Gasteiger partial charge on any atom is -0.504 e. The van der Waals surface area contributed by atoms with Gasteiger partial charge in [0.1, 0.15) is 5.56 Å². The molecule has 3 heterocycles. The molecule has 0 radical (unpaired) electrons. The van der Waals surface area contributed by atoms with Crippen LogP contribution in [0.3, 0.4) is 0 Å². The van der Waals surface area contributed by atoms with E-state index in [1.54, 1.807) is 11.0 Å². The Morgan fingerprint density at radius 1 is 1.19 bits per heavy atom. The minimum absolute atomic E-state index is 0.0125. The summed E-state index contributed by atoms with van der Waals surface area (Å²) >= 11 is 0. The van der Waals surface area contributed by atoms with Gasteiger partial charge in [-0.3, -0.25) is 14.0 Å². The summed E-state index contributed by atoms with van der Waals surface area (Å²) < 4.78 is 1.20. The number of benzene rings is 1. The quantitative estimate of drug-likeness (QED) is 0.743. The van der Waals surface area contributed by atoms with Crippen molar-refractivity contribution in [2.75, 3.05) is 18.4 Å². The van der Waals surface area contributed by atoms with Crippen LogP contribution in [0.25, 0.3) is 5.65 Å². The van der Waals surface area contributed by atoms with Gasteiger partial charge in [-0.1, -0.05) is 18.2 Å². The van der Waals surface area contributed by atoms with Crippen LogP contribution in [-0.2, 0) is 0 Å². The van der Waals surface area contributed by atoms with Crippen LogP contribution in [0, 0.1) is 0 Å². The topological polar surface area (TPSA) is 86.9 Å². The predicted molar refractivity (Wildman–Crippen MR) is 102 cm³/mol. The van der Waals surface area contributed by atoms with E-state index < -0.39 is 5.56 Å². The molecular weight excluding hydrogens is 344 g/mol. The molecule has 1 aromatic carbocycles. The fraction of sp³-hybridized carbons (Fsp3) is 0.250. The van der Waals surface area contributed by atoms with E-state index in [-0.39, 0.29) is 28.9 Å². The molecule has 4 rings (SSSR count). The first-order chi connectivity index (χ1) is 13.1. The summed E-state index contributed by atoms with van der Waals surface area (Å²) in [6.07, 6.45) is 4.58. The second-order valence-corrected chi connectivity index (χ2v) is 6.66. The molecule has 1 aliphatic rings. The van der Waals surface area contributed by atoms with E-state index in [2.05, 4.69) is 10.3 Å². The SMILES string of the molecule is O=C(c1cnc2c(O)cccn2c1=O)N1CCCC(Nc2ccccc2)C1. The standard InChI is InChI=1S/C20H20N4O3/c25-17-9-5-11-24-18(17)21-12-16(20(24)27)19(26)23-10-4-8-15(13-23)22-14-6-2-1-3-7-14/h1-3,5-7,9,11-12,15,22,25H,4,8,10,13H2. The van der Waals surface area contributed by atoms with Gasteiger partial charge in [-0.2, -0.15) is 0 Å². The molecule has 7 nitrogen and oxygen atoms in total. The van der Waals surface area contributed by atoms with Crippen molar-refractivity contribution < 1.29 is 9.90 Å². The zero-order valence-corrected chi connectivity index (χ0v) is 14.7. The number of para-hydroxylation sites is 1. The first-order valence-electron chi connectivity index (χ1n) is 8.94. The number of fused-ring (bicyclic) bond motifs is 1. The van der Waals surface area contributed by atoms with Crippen molar-refractivity contribution >= 4 is 17.2 Å². The Bertz CT molecular complexity index is 1030. The largest absolute Gasteiger partial charge is 0.504 e. The van der Waals surface area contributed by atoms with Gasteiger partial charge in [0, 0.05) is 37.2 Å². The van der Waals surface area contributed by atoms with Gasteiger partial charge in [-0.25, -0.2) is 4.98 Å². The van der Waals surface area contributed by atoms with Crippen molar-refractivity contribution in [3.63, 3.8) is 0 Å². The maximum atomic E-state index is 12.9. The van der Waals surface area contributed by atoms with Gasteiger partial charge >= 0.3 is 0 Å². The average Bonchev–Trinajstić information content (AvgIpc) is 2.69. The average molecular weight is 364 g/mol. The fourth-order valence-electron chi connectivity index (χ4n) is 3.46. The van der Waals surface area contributed by atoms with Crippen LogP contribution >= 0.6 is 0 Å². The molecule has 3 aromatic rings. The molecule has 0 saturated carbocycles. The molecule has 7 heteroatoms. The molecule has 138 valence electrons. The number of carbonyl (C=O) groups is 1. The lowest BCUT2D eigenvalue weighted by atomic mass is 10.0. The van der Waals surface area contributed by atoms with E-state index >= 15 is 0 Å². The Balaban J connectivity index is 1.56. The summed E-state index contributed by atoms with van der Waals surface area (Å²) in [6.45, 7) is 1.13. The Hall–Kier alpha value is -3.35. The van der Waals surface area contributed by atoms with Gasteiger partial charge in [0.25, 0.3) is 11.5 Å². The Morgan fingerprint density at radius 2 is 2.00 bits per heavy atom. The number of hydrogen-bond acceptors (Lipinski definition) is 5. The number of nitrogens with zero attached hydrogens (tertiary/aromatic N) is 3. The molecule has 1 unspecified atom stereocenters. The highest BCUT2D eigenvalue weighted by molar-refractivity contribution is 5.94. The van der Waals surface area contributed by atoms with Crippen LogP contribution in [0.4, 0.5) is 5.69 Å². The number of carbonyl (C=O) groups excluding carboxylic acids is 1. The smallest absolute Gasteiger partial charge is 0.270 e. The van der Waals surface area contributed by atoms with Gasteiger partial charge in [-0.15, -0.1) is 0 Å². The number of amides is 1. The normalized spacial score (nSPS) is 17.0. The van der Waals surface area contributed by atoms with Crippen LogP contribution < -0.4 is 10.9 Å². The van der Waals surface area contributed by atoms with E-state index in [0.29, 0.717) is 13.1 Å². The highest BCUT2D eigenvalue weighted by Gasteiger charge is 2.26. The summed E-state index contributed by atoms with van der Waals surface area (Å²) in [4.78, 5) is 31.4. The summed E-state index contributed by atoms with van der Waals surface area (Å²) in [6, 6.07) is 13.0. The summed E-state index contributed by atoms with van der Waals surface area (Å²) in [7, 11) is 0. The lowest BCUT2D eigenvalue weighted by molar-refractivity contribution is 0.0712. The zero-order chi connectivity index (χ0) is 18.8. The van der Waals surface area contributed by atoms with E-state index in [9.17, 15) is 14.7 Å². The number of rotatable bonds is 3. The van der Waals surface area contributed by atoms with Gasteiger partial charge in [0.15, 0.2) is 11.4 Å². The minimum atomic E-state index is -0.473. The predicted octanol–water partition coefficient (Wildman–Crippen LogP) is 2.12. The third-order valence-corrected chi connectivity index (χ3v) is 4.80. The van der Waals surface area contributed by atoms with Gasteiger partial charge in [-0.05, 0) is 37.1 Å². The Labute approximate surface area is 155 Å². The number of likely N-dealkylation sites (tertiary alicyclic amines) is 1. The van der Waals surface area contributed by atoms with E-state index in [4.69, 9.17) is 0 Å². The molecule has 1 atom stereocenters. The molecule has 2 N–H and O–H groups in total. The third-order valence-electron chi connectivity index (χ3n) is 4.80. The maximum Gasteiger partial charge on any atom is 0.270 e. The monoisotopic (exact) mass is 364 g/mol. The van der Waals surface area contributed by atoms with Crippen molar-refractivity contribution in [2.24, 2.45) is 0 Å². The van der Waals surface area contributed by atoms with Crippen LogP contribution in [0.1, 0.15) is 23.2 Å². The van der Waals surface area contributed by atoms with E-state index in [1.807, 2.05) is 30.3 Å². The van der Waals surface area contributed by atoms with Crippen molar-refractivity contribution in [3.05, 3.63) is 70.8 Å². The molecule has 0 aliphatic carbocycles. The number of nitrogens with one attached hydrogen (secondary N) is 1. The number of hydrogen-bond donors (Lipinski definition) is 2. The summed E-state index contributed by atoms with van der Waals surface area (Å²) in [5, 5.41) is 13.3. The number of anilines is 1. The lowest BCUT2D eigenvalue weighted by Crippen LogP contribution is -2.46. The van der Waals surface area contributed by atoms with Gasteiger partial charge < -0.3 is 15.3 Å². The first-order valence-corrected chi connectivity index (χ1v) is 8.94. The van der Waals surface area contributed by atoms with Gasteiger partial charge in [0.05, 0.1) is 0 Å².